The Balaban J connectivity index is 1.25. The molecular formula is C36H32N4O. The Morgan fingerprint density at radius 3 is 2.22 bits per heavy atom. The molecule has 0 N–H and O–H groups in total. The monoisotopic (exact) mass is 538 g/mol. The molecule has 0 saturated heterocycles. The summed E-state index contributed by atoms with van der Waals surface area (Å²) in [5.41, 5.74) is 5.01. The summed E-state index contributed by atoms with van der Waals surface area (Å²) in [6.07, 6.45) is 2.20. The van der Waals surface area contributed by atoms with Crippen molar-refractivity contribution in [3.05, 3.63) is 133 Å². The highest BCUT2D eigenvalue weighted by Gasteiger charge is 2.19. The maximum atomic E-state index is 8.63. The molecule has 1 aliphatic heterocycles. The Bertz CT molecular complexity index is 2010. The van der Waals surface area contributed by atoms with Crippen LogP contribution in [0.3, 0.4) is 0 Å². The first kappa shape index (κ1) is 22.8. The van der Waals surface area contributed by atoms with Crippen LogP contribution in [0, 0.1) is 0 Å². The van der Waals surface area contributed by atoms with Crippen molar-refractivity contribution in [3.63, 3.8) is 0 Å². The van der Waals surface area contributed by atoms with Gasteiger partial charge in [0.05, 0.1) is 20.4 Å². The van der Waals surface area contributed by atoms with E-state index in [1.165, 1.54) is 5.56 Å². The third kappa shape index (κ3) is 4.70. The van der Waals surface area contributed by atoms with Gasteiger partial charge in [-0.05, 0) is 65.6 Å². The van der Waals surface area contributed by atoms with Gasteiger partial charge in [0, 0.05) is 52.8 Å². The van der Waals surface area contributed by atoms with Gasteiger partial charge in [-0.15, -0.1) is 0 Å². The van der Waals surface area contributed by atoms with E-state index in [1.54, 1.807) is 0 Å². The van der Waals surface area contributed by atoms with Gasteiger partial charge in [0.2, 0.25) is 0 Å². The summed E-state index contributed by atoms with van der Waals surface area (Å²) in [5.74, 6) is 2.23. The number of nitrogens with zero attached hydrogens (tertiary/aromatic N) is 4. The van der Waals surface area contributed by atoms with Gasteiger partial charge in [0.1, 0.15) is 17.3 Å². The largest absolute Gasteiger partial charge is 0.457 e. The number of hydrogen-bond donors (Lipinski definition) is 0. The first-order valence-corrected chi connectivity index (χ1v) is 13.8. The second-order valence-corrected chi connectivity index (χ2v) is 11.3. The van der Waals surface area contributed by atoms with Gasteiger partial charge < -0.3 is 14.5 Å². The number of anilines is 2. The molecule has 2 aromatic heterocycles. The summed E-state index contributed by atoms with van der Waals surface area (Å²) in [4.78, 5) is 8.42. The lowest BCUT2D eigenvalue weighted by Gasteiger charge is -2.22. The minimum atomic E-state index is -0.00195. The fourth-order valence-electron chi connectivity index (χ4n) is 5.35. The van der Waals surface area contributed by atoms with E-state index in [0.717, 1.165) is 39.0 Å². The maximum absolute atomic E-state index is 8.63. The lowest BCUT2D eigenvalue weighted by molar-refractivity contribution is 0.483. The summed E-state index contributed by atoms with van der Waals surface area (Å²) in [7, 11) is 0. The van der Waals surface area contributed by atoms with Crippen LogP contribution >= 0.6 is 0 Å². The van der Waals surface area contributed by atoms with Gasteiger partial charge in [-0.3, -0.25) is 4.57 Å². The zero-order chi connectivity index (χ0) is 29.7. The quantitative estimate of drug-likeness (QED) is 0.219. The molecule has 4 aromatic carbocycles. The first-order valence-electron chi connectivity index (χ1n) is 14.8. The van der Waals surface area contributed by atoms with Crippen LogP contribution in [0.15, 0.2) is 128 Å². The van der Waals surface area contributed by atoms with E-state index in [1.807, 2.05) is 76.7 Å². The molecule has 3 heterocycles. The molecule has 202 valence electrons. The average molecular weight is 539 g/mol. The molecule has 0 saturated carbocycles. The van der Waals surface area contributed by atoms with Crippen LogP contribution in [-0.4, -0.2) is 16.2 Å². The van der Waals surface area contributed by atoms with E-state index >= 15 is 0 Å². The van der Waals surface area contributed by atoms with E-state index in [0.29, 0.717) is 18.2 Å². The topological polar surface area (TPSA) is 33.5 Å². The van der Waals surface area contributed by atoms with Crippen LogP contribution in [0.5, 0.6) is 11.5 Å². The number of fused-ring (bicyclic) bond motifs is 3. The molecule has 0 amide bonds. The van der Waals surface area contributed by atoms with Gasteiger partial charge in [0.25, 0.3) is 0 Å². The van der Waals surface area contributed by atoms with Crippen LogP contribution in [0.1, 0.15) is 29.1 Å². The molecule has 6 aromatic rings. The first-order chi connectivity index (χ1) is 20.8. The molecule has 7 rings (SSSR count). The summed E-state index contributed by atoms with van der Waals surface area (Å²) in [6, 6.07) is 36.3. The van der Waals surface area contributed by atoms with Gasteiger partial charge in [-0.25, -0.2) is 4.98 Å². The highest BCUT2D eigenvalue weighted by molar-refractivity contribution is 6.09. The van der Waals surface area contributed by atoms with E-state index in [9.17, 15) is 0 Å². The number of ether oxygens (including phenoxy) is 1. The molecule has 1 aliphatic rings. The van der Waals surface area contributed by atoms with Crippen molar-refractivity contribution in [1.29, 1.82) is 0 Å². The number of para-hydroxylation sites is 2. The molecule has 5 nitrogen and oxygen atoms in total. The van der Waals surface area contributed by atoms with Crippen molar-refractivity contribution >= 4 is 33.2 Å². The number of hydrogen-bond acceptors (Lipinski definition) is 4. The van der Waals surface area contributed by atoms with E-state index < -0.39 is 0 Å². The predicted molar refractivity (Wildman–Crippen MR) is 169 cm³/mol. The zero-order valence-corrected chi connectivity index (χ0v) is 23.4. The van der Waals surface area contributed by atoms with Crippen LogP contribution in [0.4, 0.5) is 11.4 Å². The fourth-order valence-corrected chi connectivity index (χ4v) is 5.35. The number of aromatic nitrogens is 2. The van der Waals surface area contributed by atoms with Crippen molar-refractivity contribution in [3.8, 4) is 17.3 Å². The Hall–Kier alpha value is -5.03. The van der Waals surface area contributed by atoms with Crippen molar-refractivity contribution in [1.82, 2.24) is 9.55 Å². The van der Waals surface area contributed by atoms with Gasteiger partial charge in [0.15, 0.2) is 0 Å². The molecule has 0 bridgehead atoms. The van der Waals surface area contributed by atoms with Crippen LogP contribution in [-0.2, 0) is 5.41 Å². The third-order valence-electron chi connectivity index (χ3n) is 7.52. The van der Waals surface area contributed by atoms with Crippen LogP contribution in [0.2, 0.25) is 0 Å². The molecular weight excluding hydrogens is 504 g/mol. The highest BCUT2D eigenvalue weighted by atomic mass is 16.5. The normalized spacial score (nSPS) is 14.6. The van der Waals surface area contributed by atoms with Crippen molar-refractivity contribution in [2.24, 2.45) is 0 Å². The van der Waals surface area contributed by atoms with Crippen molar-refractivity contribution in [2.45, 2.75) is 26.2 Å². The van der Waals surface area contributed by atoms with Crippen LogP contribution < -0.4 is 14.5 Å². The molecule has 0 atom stereocenters. The number of pyridine rings is 1. The lowest BCUT2D eigenvalue weighted by atomic mass is 9.88. The lowest BCUT2D eigenvalue weighted by Crippen LogP contribution is -2.24. The molecule has 41 heavy (non-hydrogen) atoms. The molecule has 5 heteroatoms. The van der Waals surface area contributed by atoms with Gasteiger partial charge >= 0.3 is 0 Å². The third-order valence-corrected chi connectivity index (χ3v) is 7.52. The Morgan fingerprint density at radius 2 is 1.39 bits per heavy atom. The van der Waals surface area contributed by atoms with E-state index in [2.05, 4.69) is 73.9 Å². The summed E-state index contributed by atoms with van der Waals surface area (Å²) in [5, 5.41) is 2.29. The fraction of sp³-hybridized carbons (Fsp3) is 0.139. The maximum Gasteiger partial charge on any atom is 0.137 e. The number of rotatable bonds is 5. The molecule has 0 aliphatic carbocycles. The second kappa shape index (κ2) is 9.86. The molecule has 0 unspecified atom stereocenters. The Kier molecular flexibility index (Phi) is 5.47. The zero-order valence-electron chi connectivity index (χ0n) is 25.4. The second-order valence-electron chi connectivity index (χ2n) is 11.3. The van der Waals surface area contributed by atoms with Crippen molar-refractivity contribution < 1.29 is 7.48 Å². The highest BCUT2D eigenvalue weighted by Crippen LogP contribution is 2.36. The average Bonchev–Trinajstić information content (AvgIpc) is 3.50. The number of benzene rings is 4. The Morgan fingerprint density at radius 1 is 0.683 bits per heavy atom. The van der Waals surface area contributed by atoms with Gasteiger partial charge in [-0.2, -0.15) is 0 Å². The summed E-state index contributed by atoms with van der Waals surface area (Å²) in [6.45, 7) is 7.02. The molecule has 0 radical (unpaired) electrons. The standard InChI is InChI=1S/C36H32N4O/c1-36(2,3)26-18-19-37-35(22-26)40-33-15-8-7-14-31(33)32-17-16-30(24-34(32)40)41-29-13-9-12-28(23-29)39-21-20-38(25-39)27-10-5-4-6-11-27/h4-24H,25H2,1-3H3/i20D,21D. The smallest absolute Gasteiger partial charge is 0.137 e. The molecule has 0 spiro atoms. The SMILES string of the molecule is [2H]C1=C([2H])N(c2cccc(Oc3ccc4c5ccccc5n(-c5cc(C(C)(C)C)ccn5)c4c3)c2)CN1c1ccccc1. The summed E-state index contributed by atoms with van der Waals surface area (Å²) >= 11 is 0. The van der Waals surface area contributed by atoms with Crippen LogP contribution in [0.25, 0.3) is 27.6 Å². The van der Waals surface area contributed by atoms with E-state index in [-0.39, 0.29) is 17.8 Å². The van der Waals surface area contributed by atoms with Crippen molar-refractivity contribution in [2.75, 3.05) is 16.5 Å². The minimum absolute atomic E-state index is 0.00195. The molecule has 0 fully saturated rings. The minimum Gasteiger partial charge on any atom is -0.457 e. The Labute approximate surface area is 243 Å². The summed E-state index contributed by atoms with van der Waals surface area (Å²) < 4.78 is 25.8. The van der Waals surface area contributed by atoms with E-state index in [4.69, 9.17) is 12.5 Å². The predicted octanol–water partition coefficient (Wildman–Crippen LogP) is 9.02. The van der Waals surface area contributed by atoms with Gasteiger partial charge in [-0.1, -0.05) is 63.2 Å².